The van der Waals surface area contributed by atoms with Crippen molar-refractivity contribution in [3.8, 4) is 11.5 Å². The summed E-state index contributed by atoms with van der Waals surface area (Å²) in [6.07, 6.45) is 2.64. The van der Waals surface area contributed by atoms with Crippen molar-refractivity contribution in [3.63, 3.8) is 0 Å². The molecule has 0 aromatic heterocycles. The van der Waals surface area contributed by atoms with Gasteiger partial charge in [-0.1, -0.05) is 0 Å². The average molecular weight is 361 g/mol. The number of carbonyl (C=O) groups excluding carboxylic acids is 1. The van der Waals surface area contributed by atoms with Gasteiger partial charge in [0.05, 0.1) is 14.2 Å². The largest absolute Gasteiger partial charge is 0.493 e. The van der Waals surface area contributed by atoms with Crippen LogP contribution < -0.4 is 9.47 Å². The maximum Gasteiger partial charge on any atom is 0.224 e. The van der Waals surface area contributed by atoms with E-state index in [9.17, 15) is 4.79 Å². The van der Waals surface area contributed by atoms with E-state index in [0.29, 0.717) is 19.0 Å². The third-order valence-electron chi connectivity index (χ3n) is 5.74. The summed E-state index contributed by atoms with van der Waals surface area (Å²) < 4.78 is 10.8. The summed E-state index contributed by atoms with van der Waals surface area (Å²) in [5.41, 5.74) is 2.41. The van der Waals surface area contributed by atoms with Gasteiger partial charge in [-0.05, 0) is 56.7 Å². The number of nitrogens with zero attached hydrogens (tertiary/aromatic N) is 3. The molecule has 1 amide bonds. The highest BCUT2D eigenvalue weighted by atomic mass is 16.5. The van der Waals surface area contributed by atoms with E-state index in [1.54, 1.807) is 14.2 Å². The van der Waals surface area contributed by atoms with E-state index >= 15 is 0 Å². The molecule has 0 saturated carbocycles. The van der Waals surface area contributed by atoms with Crippen molar-refractivity contribution in [1.29, 1.82) is 0 Å². The first kappa shape index (κ1) is 19.0. The Morgan fingerprint density at radius 2 is 1.88 bits per heavy atom. The summed E-state index contributed by atoms with van der Waals surface area (Å²) >= 11 is 0. The van der Waals surface area contributed by atoms with E-state index < -0.39 is 0 Å². The topological polar surface area (TPSA) is 45.3 Å². The molecular weight excluding hydrogens is 330 g/mol. The molecule has 1 unspecified atom stereocenters. The highest BCUT2D eigenvalue weighted by molar-refractivity contribution is 5.76. The van der Waals surface area contributed by atoms with Crippen LogP contribution in [-0.2, 0) is 17.8 Å². The van der Waals surface area contributed by atoms with E-state index in [2.05, 4.69) is 23.9 Å². The van der Waals surface area contributed by atoms with Crippen LogP contribution in [-0.4, -0.2) is 81.1 Å². The number of methoxy groups -OCH3 is 2. The van der Waals surface area contributed by atoms with E-state index in [-0.39, 0.29) is 5.91 Å². The maximum atomic E-state index is 12.7. The zero-order valence-corrected chi connectivity index (χ0v) is 16.5. The molecule has 26 heavy (non-hydrogen) atoms. The highest BCUT2D eigenvalue weighted by Gasteiger charge is 2.26. The summed E-state index contributed by atoms with van der Waals surface area (Å²) in [5.74, 6) is 1.73. The monoisotopic (exact) mass is 361 g/mol. The standard InChI is InChI=1S/C20H31N3O3/c1-21-8-6-17(14-21)22(2)9-7-20(24)23-10-5-15-11-18(25-3)19(26-4)12-16(15)13-23/h11-12,17H,5-10,13-14H2,1-4H3. The SMILES string of the molecule is COc1cc2c(cc1OC)CN(C(=O)CCN(C)C1CCN(C)C1)CC2. The number of fused-ring (bicyclic) bond motifs is 1. The first-order chi connectivity index (χ1) is 12.5. The lowest BCUT2D eigenvalue weighted by atomic mass is 9.98. The Morgan fingerprint density at radius 3 is 2.50 bits per heavy atom. The van der Waals surface area contributed by atoms with Gasteiger partial charge in [0.2, 0.25) is 5.91 Å². The third kappa shape index (κ3) is 4.13. The number of benzene rings is 1. The van der Waals surface area contributed by atoms with Crippen LogP contribution in [0.4, 0.5) is 0 Å². The van der Waals surface area contributed by atoms with Gasteiger partial charge in [0.25, 0.3) is 0 Å². The average Bonchev–Trinajstić information content (AvgIpc) is 3.10. The van der Waals surface area contributed by atoms with Crippen LogP contribution in [0.15, 0.2) is 12.1 Å². The van der Waals surface area contributed by atoms with Gasteiger partial charge in [0, 0.05) is 38.6 Å². The summed E-state index contributed by atoms with van der Waals surface area (Å²) in [4.78, 5) is 19.4. The first-order valence-electron chi connectivity index (χ1n) is 9.42. The van der Waals surface area contributed by atoms with Crippen LogP contribution in [0, 0.1) is 0 Å². The molecule has 0 aliphatic carbocycles. The van der Waals surface area contributed by atoms with Crippen molar-refractivity contribution in [1.82, 2.24) is 14.7 Å². The van der Waals surface area contributed by atoms with Crippen molar-refractivity contribution in [2.24, 2.45) is 0 Å². The predicted octanol–water partition coefficient (Wildman–Crippen LogP) is 1.61. The van der Waals surface area contributed by atoms with Gasteiger partial charge >= 0.3 is 0 Å². The number of carbonyl (C=O) groups is 1. The highest BCUT2D eigenvalue weighted by Crippen LogP contribution is 2.33. The first-order valence-corrected chi connectivity index (χ1v) is 9.42. The zero-order valence-electron chi connectivity index (χ0n) is 16.5. The number of likely N-dealkylation sites (tertiary alicyclic amines) is 1. The van der Waals surface area contributed by atoms with Gasteiger partial charge < -0.3 is 24.2 Å². The second-order valence-electron chi connectivity index (χ2n) is 7.48. The molecule has 3 rings (SSSR count). The summed E-state index contributed by atoms with van der Waals surface area (Å²) in [5, 5.41) is 0. The van der Waals surface area contributed by atoms with Crippen LogP contribution >= 0.6 is 0 Å². The zero-order chi connectivity index (χ0) is 18.7. The molecule has 2 heterocycles. The summed E-state index contributed by atoms with van der Waals surface area (Å²) in [7, 11) is 7.60. The summed E-state index contributed by atoms with van der Waals surface area (Å²) in [6, 6.07) is 4.63. The number of hydrogen-bond acceptors (Lipinski definition) is 5. The van der Waals surface area contributed by atoms with Crippen molar-refractivity contribution in [2.75, 3.05) is 54.5 Å². The Kier molecular flexibility index (Phi) is 6.04. The smallest absolute Gasteiger partial charge is 0.224 e. The van der Waals surface area contributed by atoms with E-state index in [0.717, 1.165) is 49.7 Å². The number of rotatable bonds is 6. The molecule has 0 bridgehead atoms. The second kappa shape index (κ2) is 8.27. The lowest BCUT2D eigenvalue weighted by Gasteiger charge is -2.31. The predicted molar refractivity (Wildman–Crippen MR) is 102 cm³/mol. The second-order valence-corrected chi connectivity index (χ2v) is 7.48. The number of likely N-dealkylation sites (N-methyl/N-ethyl adjacent to an activating group) is 2. The Hall–Kier alpha value is -1.79. The van der Waals surface area contributed by atoms with Crippen LogP contribution in [0.3, 0.4) is 0 Å². The molecular formula is C20H31N3O3. The fraction of sp³-hybridized carbons (Fsp3) is 0.650. The summed E-state index contributed by atoms with van der Waals surface area (Å²) in [6.45, 7) is 4.51. The van der Waals surface area contributed by atoms with Crippen LogP contribution in [0.25, 0.3) is 0 Å². The minimum Gasteiger partial charge on any atom is -0.493 e. The van der Waals surface area contributed by atoms with Crippen LogP contribution in [0.2, 0.25) is 0 Å². The van der Waals surface area contributed by atoms with E-state index in [4.69, 9.17) is 9.47 Å². The van der Waals surface area contributed by atoms with E-state index in [1.807, 2.05) is 17.0 Å². The van der Waals surface area contributed by atoms with Gasteiger partial charge in [-0.25, -0.2) is 0 Å². The van der Waals surface area contributed by atoms with Crippen molar-refractivity contribution in [2.45, 2.75) is 31.8 Å². The minimum atomic E-state index is 0.239. The fourth-order valence-electron chi connectivity index (χ4n) is 3.98. The fourth-order valence-corrected chi connectivity index (χ4v) is 3.98. The quantitative estimate of drug-likeness (QED) is 0.770. The van der Waals surface area contributed by atoms with Gasteiger partial charge in [-0.3, -0.25) is 4.79 Å². The molecule has 1 aromatic rings. The molecule has 1 atom stereocenters. The Labute approximate surface area is 156 Å². The molecule has 2 aliphatic heterocycles. The normalized spacial score (nSPS) is 20.3. The molecule has 144 valence electrons. The van der Waals surface area contributed by atoms with Gasteiger partial charge in [0.15, 0.2) is 11.5 Å². The van der Waals surface area contributed by atoms with E-state index in [1.165, 1.54) is 12.0 Å². The minimum absolute atomic E-state index is 0.239. The maximum absolute atomic E-state index is 12.7. The van der Waals surface area contributed by atoms with Crippen molar-refractivity contribution < 1.29 is 14.3 Å². The van der Waals surface area contributed by atoms with Crippen molar-refractivity contribution >= 4 is 5.91 Å². The number of hydrogen-bond donors (Lipinski definition) is 0. The van der Waals surface area contributed by atoms with Crippen molar-refractivity contribution in [3.05, 3.63) is 23.3 Å². The molecule has 1 aromatic carbocycles. The number of amides is 1. The van der Waals surface area contributed by atoms with Gasteiger partial charge in [-0.15, -0.1) is 0 Å². The molecule has 1 saturated heterocycles. The molecule has 2 aliphatic rings. The van der Waals surface area contributed by atoms with Crippen LogP contribution in [0.5, 0.6) is 11.5 Å². The Morgan fingerprint density at radius 1 is 1.19 bits per heavy atom. The molecule has 6 nitrogen and oxygen atoms in total. The third-order valence-corrected chi connectivity index (χ3v) is 5.74. The van der Waals surface area contributed by atoms with Gasteiger partial charge in [-0.2, -0.15) is 0 Å². The molecule has 1 fully saturated rings. The molecule has 0 N–H and O–H groups in total. The lowest BCUT2D eigenvalue weighted by Crippen LogP contribution is -2.40. The Balaban J connectivity index is 1.57. The number of ether oxygens (including phenoxy) is 2. The Bertz CT molecular complexity index is 649. The van der Waals surface area contributed by atoms with Crippen LogP contribution in [0.1, 0.15) is 24.0 Å². The van der Waals surface area contributed by atoms with Gasteiger partial charge in [0.1, 0.15) is 0 Å². The molecule has 6 heteroatoms. The molecule has 0 spiro atoms. The molecule has 0 radical (unpaired) electrons. The lowest BCUT2D eigenvalue weighted by molar-refractivity contribution is -0.132.